The van der Waals surface area contributed by atoms with E-state index in [1.54, 1.807) is 0 Å². The van der Waals surface area contributed by atoms with Crippen LogP contribution in [-0.4, -0.2) is 41.7 Å². The Balaban J connectivity index is 1.40. The molecule has 3 heterocycles. The lowest BCUT2D eigenvalue weighted by molar-refractivity contribution is -0.132. The fraction of sp³-hybridized carbons (Fsp3) is 0.500. The highest BCUT2D eigenvalue weighted by molar-refractivity contribution is 5.92. The van der Waals surface area contributed by atoms with Gasteiger partial charge in [0.15, 0.2) is 5.54 Å². The molecule has 2 aromatic carbocycles. The molecule has 2 aromatic rings. The van der Waals surface area contributed by atoms with E-state index < -0.39 is 5.54 Å². The molecule has 6 rings (SSSR count). The van der Waals surface area contributed by atoms with Crippen LogP contribution in [0.5, 0.6) is 0 Å². The predicted molar refractivity (Wildman–Crippen MR) is 130 cm³/mol. The highest BCUT2D eigenvalue weighted by atomic mass is 16.2. The molecule has 0 unspecified atom stereocenters. The Kier molecular flexibility index (Phi) is 5.90. The molecule has 1 aliphatic carbocycles. The molecule has 2 fully saturated rings. The number of amides is 1. The van der Waals surface area contributed by atoms with Gasteiger partial charge in [0.05, 0.1) is 0 Å². The molecule has 0 aromatic heterocycles. The van der Waals surface area contributed by atoms with Crippen LogP contribution in [-0.2, 0) is 17.8 Å². The van der Waals surface area contributed by atoms with Crippen molar-refractivity contribution in [3.05, 3.63) is 71.8 Å². The van der Waals surface area contributed by atoms with Gasteiger partial charge in [0.2, 0.25) is 5.91 Å². The third-order valence-corrected chi connectivity index (χ3v) is 7.78. The quantitative estimate of drug-likeness (QED) is 0.678. The number of nitrogens with zero attached hydrogens (tertiary/aromatic N) is 2. The minimum absolute atomic E-state index is 0.127. The normalized spacial score (nSPS) is 30.7. The van der Waals surface area contributed by atoms with Gasteiger partial charge in [0, 0.05) is 37.8 Å². The Bertz CT molecular complexity index is 957. The molecule has 1 saturated heterocycles. The molecule has 4 bridgehead atoms. The molecule has 32 heavy (non-hydrogen) atoms. The van der Waals surface area contributed by atoms with Crippen molar-refractivity contribution in [3.63, 3.8) is 0 Å². The van der Waals surface area contributed by atoms with Gasteiger partial charge in [-0.1, -0.05) is 74.5 Å². The van der Waals surface area contributed by atoms with E-state index in [9.17, 15) is 4.79 Å². The highest BCUT2D eigenvalue weighted by Crippen LogP contribution is 2.55. The van der Waals surface area contributed by atoms with E-state index in [0.29, 0.717) is 30.2 Å². The van der Waals surface area contributed by atoms with Crippen molar-refractivity contribution >= 4 is 12.1 Å². The monoisotopic (exact) mass is 429 g/mol. The maximum atomic E-state index is 13.8. The van der Waals surface area contributed by atoms with Gasteiger partial charge in [-0.05, 0) is 48.1 Å². The molecular formula is C28H35N3O. The summed E-state index contributed by atoms with van der Waals surface area (Å²) in [6, 6.07) is 21.2. The van der Waals surface area contributed by atoms with Crippen molar-refractivity contribution in [2.45, 2.75) is 51.2 Å². The van der Waals surface area contributed by atoms with Crippen LogP contribution in [0.25, 0.3) is 0 Å². The number of aryl methyl sites for hydroxylation is 1. The molecule has 1 saturated carbocycles. The average Bonchev–Trinajstić information content (AvgIpc) is 3.06. The largest absolute Gasteiger partial charge is 0.350 e. The Morgan fingerprint density at radius 3 is 2.47 bits per heavy atom. The van der Waals surface area contributed by atoms with Gasteiger partial charge in [-0.25, -0.2) is 0 Å². The fourth-order valence-corrected chi connectivity index (χ4v) is 6.52. The second-order valence-corrected chi connectivity index (χ2v) is 10.3. The van der Waals surface area contributed by atoms with Crippen LogP contribution in [0.3, 0.4) is 0 Å². The van der Waals surface area contributed by atoms with Gasteiger partial charge in [0.1, 0.15) is 0 Å². The first kappa shape index (κ1) is 21.4. The van der Waals surface area contributed by atoms with Crippen LogP contribution >= 0.6 is 0 Å². The van der Waals surface area contributed by atoms with Gasteiger partial charge < -0.3 is 5.32 Å². The van der Waals surface area contributed by atoms with E-state index in [2.05, 4.69) is 72.7 Å². The maximum absolute atomic E-state index is 13.8. The van der Waals surface area contributed by atoms with E-state index in [-0.39, 0.29) is 11.9 Å². The summed E-state index contributed by atoms with van der Waals surface area (Å²) >= 11 is 0. The zero-order valence-corrected chi connectivity index (χ0v) is 19.3. The lowest BCUT2D eigenvalue weighted by Crippen LogP contribution is -2.65. The molecule has 0 radical (unpaired) electrons. The molecule has 4 aliphatic rings. The summed E-state index contributed by atoms with van der Waals surface area (Å²) in [5, 5.41) is 3.27. The Morgan fingerprint density at radius 2 is 1.78 bits per heavy atom. The van der Waals surface area contributed by atoms with Crippen molar-refractivity contribution in [1.82, 2.24) is 10.2 Å². The minimum Gasteiger partial charge on any atom is -0.350 e. The van der Waals surface area contributed by atoms with Crippen molar-refractivity contribution in [1.29, 1.82) is 0 Å². The van der Waals surface area contributed by atoms with Gasteiger partial charge in [-0.15, -0.1) is 0 Å². The molecule has 0 spiro atoms. The summed E-state index contributed by atoms with van der Waals surface area (Å²) in [5.41, 5.74) is 1.90. The Morgan fingerprint density at radius 1 is 1.09 bits per heavy atom. The number of carbonyl (C=O) groups excluding carboxylic acids is 1. The Hall–Kier alpha value is -2.46. The average molecular weight is 430 g/mol. The maximum Gasteiger partial charge on any atom is 0.250 e. The summed E-state index contributed by atoms with van der Waals surface area (Å²) in [5.74, 6) is 2.00. The van der Waals surface area contributed by atoms with E-state index in [0.717, 1.165) is 37.9 Å². The number of benzene rings is 2. The van der Waals surface area contributed by atoms with E-state index in [4.69, 9.17) is 4.99 Å². The number of likely N-dealkylation sites (tertiary alicyclic amines) is 1. The third kappa shape index (κ3) is 3.79. The van der Waals surface area contributed by atoms with E-state index >= 15 is 0 Å². The summed E-state index contributed by atoms with van der Waals surface area (Å²) in [6.07, 6.45) is 5.41. The SMILES string of the molecule is CC(C)CN1C[C@@H]2C[C@H]3C=N[C@]2(C(=O)NCc2ccccc2)[C@@H]1[C@@H]3CCc1ccccc1. The number of nitrogens with one attached hydrogen (secondary N) is 1. The van der Waals surface area contributed by atoms with Crippen LogP contribution in [0, 0.1) is 23.7 Å². The predicted octanol–water partition coefficient (Wildman–Crippen LogP) is 4.35. The van der Waals surface area contributed by atoms with Crippen molar-refractivity contribution in [2.75, 3.05) is 13.1 Å². The van der Waals surface area contributed by atoms with Crippen molar-refractivity contribution < 1.29 is 4.79 Å². The van der Waals surface area contributed by atoms with Gasteiger partial charge in [-0.2, -0.15) is 0 Å². The first-order valence-corrected chi connectivity index (χ1v) is 12.2. The lowest BCUT2D eigenvalue weighted by atomic mass is 9.60. The molecule has 1 N–H and O–H groups in total. The van der Waals surface area contributed by atoms with Gasteiger partial charge in [0.25, 0.3) is 0 Å². The minimum atomic E-state index is -0.625. The number of rotatable bonds is 8. The first-order valence-electron chi connectivity index (χ1n) is 12.2. The standard InChI is InChI=1S/C28H35N3O/c1-20(2)18-31-19-24-15-23-17-30-28(24,27(32)29-16-22-11-7-4-8-12-22)26(31)25(23)14-13-21-9-5-3-6-10-21/h3-12,17,20,23-26H,13-16,18-19H2,1-2H3,(H,29,32)/t23-,24-,25+,26-,28-/m0/s1. The molecular weight excluding hydrogens is 394 g/mol. The second kappa shape index (κ2) is 8.82. The molecule has 168 valence electrons. The van der Waals surface area contributed by atoms with Crippen molar-refractivity contribution in [2.24, 2.45) is 28.7 Å². The van der Waals surface area contributed by atoms with Crippen LogP contribution in [0.2, 0.25) is 0 Å². The van der Waals surface area contributed by atoms with Crippen molar-refractivity contribution in [3.8, 4) is 0 Å². The molecule has 5 atom stereocenters. The Labute approximate surface area is 192 Å². The second-order valence-electron chi connectivity index (χ2n) is 10.3. The van der Waals surface area contributed by atoms with Gasteiger partial charge >= 0.3 is 0 Å². The highest BCUT2D eigenvalue weighted by Gasteiger charge is 2.67. The first-order chi connectivity index (χ1) is 15.6. The summed E-state index contributed by atoms with van der Waals surface area (Å²) in [4.78, 5) is 21.5. The molecule has 4 nitrogen and oxygen atoms in total. The zero-order valence-electron chi connectivity index (χ0n) is 19.3. The van der Waals surface area contributed by atoms with Crippen LogP contribution in [0.4, 0.5) is 0 Å². The van der Waals surface area contributed by atoms with E-state index in [1.165, 1.54) is 5.56 Å². The molecule has 4 heteroatoms. The molecule has 1 amide bonds. The van der Waals surface area contributed by atoms with Crippen LogP contribution in [0.15, 0.2) is 65.7 Å². The van der Waals surface area contributed by atoms with Gasteiger partial charge in [-0.3, -0.25) is 14.7 Å². The number of carbonyl (C=O) groups is 1. The summed E-state index contributed by atoms with van der Waals surface area (Å²) < 4.78 is 0. The number of aliphatic imine (C=N–C) groups is 1. The van der Waals surface area contributed by atoms with E-state index in [1.807, 2.05) is 18.2 Å². The van der Waals surface area contributed by atoms with Crippen LogP contribution < -0.4 is 5.32 Å². The number of hydrogen-bond donors (Lipinski definition) is 1. The van der Waals surface area contributed by atoms with Crippen LogP contribution in [0.1, 0.15) is 37.8 Å². The zero-order chi connectivity index (χ0) is 22.1. The summed E-state index contributed by atoms with van der Waals surface area (Å²) in [7, 11) is 0. The number of hydrogen-bond acceptors (Lipinski definition) is 3. The summed E-state index contributed by atoms with van der Waals surface area (Å²) in [6.45, 7) is 7.17. The topological polar surface area (TPSA) is 44.7 Å². The fourth-order valence-electron chi connectivity index (χ4n) is 6.52. The third-order valence-electron chi connectivity index (χ3n) is 7.78. The lowest BCUT2D eigenvalue weighted by Gasteiger charge is -2.51. The smallest absolute Gasteiger partial charge is 0.250 e. The molecule has 3 aliphatic heterocycles.